The van der Waals surface area contributed by atoms with E-state index in [-0.39, 0.29) is 0 Å². The van der Waals surface area contributed by atoms with E-state index in [4.69, 9.17) is 10.5 Å². The van der Waals surface area contributed by atoms with Crippen LogP contribution in [-0.2, 0) is 0 Å². The maximum Gasteiger partial charge on any atom is 0.166 e. The second-order valence-corrected chi connectivity index (χ2v) is 2.77. The molecule has 0 aliphatic rings. The Kier molecular flexibility index (Phi) is 1.77. The number of pyridine rings is 1. The van der Waals surface area contributed by atoms with E-state index in [1.807, 2.05) is 30.3 Å². The second-order valence-electron chi connectivity index (χ2n) is 2.77. The van der Waals surface area contributed by atoms with Gasteiger partial charge >= 0.3 is 0 Å². The lowest BCUT2D eigenvalue weighted by Crippen LogP contribution is -1.95. The molecule has 1 heterocycles. The van der Waals surface area contributed by atoms with Crippen molar-refractivity contribution in [2.24, 2.45) is 0 Å². The van der Waals surface area contributed by atoms with Gasteiger partial charge in [0.2, 0.25) is 0 Å². The molecule has 0 saturated carbocycles. The Bertz CT molecular complexity index is 440. The molecular formula is C10H10N2O. The van der Waals surface area contributed by atoms with Gasteiger partial charge < -0.3 is 10.5 Å². The van der Waals surface area contributed by atoms with Gasteiger partial charge in [-0.2, -0.15) is 0 Å². The van der Waals surface area contributed by atoms with Gasteiger partial charge in [0.05, 0.1) is 12.6 Å². The Labute approximate surface area is 76.2 Å². The summed E-state index contributed by atoms with van der Waals surface area (Å²) >= 11 is 0. The summed E-state index contributed by atoms with van der Waals surface area (Å²) in [5.41, 5.74) is 6.55. The van der Waals surface area contributed by atoms with Gasteiger partial charge in [-0.05, 0) is 12.1 Å². The molecule has 0 aliphatic carbocycles. The van der Waals surface area contributed by atoms with E-state index in [1.54, 1.807) is 7.11 Å². The van der Waals surface area contributed by atoms with Crippen molar-refractivity contribution in [2.45, 2.75) is 0 Å². The monoisotopic (exact) mass is 174 g/mol. The highest BCUT2D eigenvalue weighted by Gasteiger charge is 2.01. The number of fused-ring (bicyclic) bond motifs is 1. The third-order valence-corrected chi connectivity index (χ3v) is 1.94. The van der Waals surface area contributed by atoms with Gasteiger partial charge in [0.15, 0.2) is 11.6 Å². The van der Waals surface area contributed by atoms with E-state index < -0.39 is 0 Å². The number of para-hydroxylation sites is 1. The van der Waals surface area contributed by atoms with Gasteiger partial charge in [-0.3, -0.25) is 0 Å². The minimum Gasteiger partial charge on any atom is -0.493 e. The number of anilines is 1. The number of ether oxygens (including phenoxy) is 1. The number of hydrogen-bond acceptors (Lipinski definition) is 3. The van der Waals surface area contributed by atoms with Gasteiger partial charge in [0.25, 0.3) is 0 Å². The summed E-state index contributed by atoms with van der Waals surface area (Å²) in [7, 11) is 1.59. The maximum absolute atomic E-state index is 5.66. The Balaban J connectivity index is 2.74. The zero-order valence-corrected chi connectivity index (χ0v) is 7.32. The van der Waals surface area contributed by atoms with Crippen molar-refractivity contribution in [3.05, 3.63) is 30.3 Å². The zero-order chi connectivity index (χ0) is 9.26. The standard InChI is InChI=1S/C10H10N2O/c1-13-9-6-7-4-2-3-5-8(7)12-10(9)11/h2-6H,1H3,(H2,11,12). The molecule has 0 bridgehead atoms. The first kappa shape index (κ1) is 7.86. The Morgan fingerprint density at radius 2 is 2.08 bits per heavy atom. The molecule has 0 radical (unpaired) electrons. The van der Waals surface area contributed by atoms with Gasteiger partial charge in [-0.15, -0.1) is 0 Å². The summed E-state index contributed by atoms with van der Waals surface area (Å²) < 4.78 is 5.07. The molecule has 0 amide bonds. The lowest BCUT2D eigenvalue weighted by molar-refractivity contribution is 0.416. The van der Waals surface area contributed by atoms with Crippen LogP contribution in [0.2, 0.25) is 0 Å². The van der Waals surface area contributed by atoms with Crippen LogP contribution >= 0.6 is 0 Å². The van der Waals surface area contributed by atoms with Crippen molar-refractivity contribution in [2.75, 3.05) is 12.8 Å². The minimum absolute atomic E-state index is 0.432. The van der Waals surface area contributed by atoms with Crippen LogP contribution in [0.25, 0.3) is 10.9 Å². The van der Waals surface area contributed by atoms with E-state index in [0.717, 1.165) is 10.9 Å². The van der Waals surface area contributed by atoms with Crippen molar-refractivity contribution >= 4 is 16.7 Å². The third-order valence-electron chi connectivity index (χ3n) is 1.94. The molecule has 2 aromatic rings. The average Bonchev–Trinajstić information content (AvgIpc) is 2.17. The first-order valence-electron chi connectivity index (χ1n) is 4.00. The highest BCUT2D eigenvalue weighted by atomic mass is 16.5. The molecule has 13 heavy (non-hydrogen) atoms. The molecule has 2 rings (SSSR count). The summed E-state index contributed by atoms with van der Waals surface area (Å²) in [5, 5.41) is 1.04. The minimum atomic E-state index is 0.432. The fourth-order valence-corrected chi connectivity index (χ4v) is 1.27. The molecule has 0 aliphatic heterocycles. The highest BCUT2D eigenvalue weighted by molar-refractivity contribution is 5.82. The Hall–Kier alpha value is -1.77. The molecule has 3 heteroatoms. The predicted molar refractivity (Wildman–Crippen MR) is 52.7 cm³/mol. The van der Waals surface area contributed by atoms with E-state index in [0.29, 0.717) is 11.6 Å². The smallest absolute Gasteiger partial charge is 0.166 e. The molecule has 3 nitrogen and oxygen atoms in total. The first-order chi connectivity index (χ1) is 6.31. The summed E-state index contributed by atoms with van der Waals surface area (Å²) in [6, 6.07) is 9.67. The fourth-order valence-electron chi connectivity index (χ4n) is 1.27. The van der Waals surface area contributed by atoms with Crippen LogP contribution in [0.1, 0.15) is 0 Å². The number of rotatable bonds is 1. The van der Waals surface area contributed by atoms with Crippen molar-refractivity contribution in [3.63, 3.8) is 0 Å². The van der Waals surface area contributed by atoms with Crippen molar-refractivity contribution in [3.8, 4) is 5.75 Å². The number of benzene rings is 1. The van der Waals surface area contributed by atoms with Crippen molar-refractivity contribution < 1.29 is 4.74 Å². The third kappa shape index (κ3) is 1.28. The predicted octanol–water partition coefficient (Wildman–Crippen LogP) is 1.83. The molecule has 1 aromatic carbocycles. The van der Waals surface area contributed by atoms with Crippen LogP contribution in [0.15, 0.2) is 30.3 Å². The van der Waals surface area contributed by atoms with E-state index in [9.17, 15) is 0 Å². The number of nitrogens with zero attached hydrogens (tertiary/aromatic N) is 1. The van der Waals surface area contributed by atoms with Crippen LogP contribution in [0.3, 0.4) is 0 Å². The van der Waals surface area contributed by atoms with Crippen molar-refractivity contribution in [1.82, 2.24) is 4.98 Å². The lowest BCUT2D eigenvalue weighted by atomic mass is 10.2. The van der Waals surface area contributed by atoms with Crippen LogP contribution in [0.5, 0.6) is 5.75 Å². The number of hydrogen-bond donors (Lipinski definition) is 1. The van der Waals surface area contributed by atoms with Crippen LogP contribution in [-0.4, -0.2) is 12.1 Å². The largest absolute Gasteiger partial charge is 0.493 e. The lowest BCUT2D eigenvalue weighted by Gasteiger charge is -2.04. The molecule has 0 fully saturated rings. The zero-order valence-electron chi connectivity index (χ0n) is 7.32. The fraction of sp³-hybridized carbons (Fsp3) is 0.100. The molecule has 0 saturated heterocycles. The van der Waals surface area contributed by atoms with Crippen LogP contribution in [0.4, 0.5) is 5.82 Å². The number of methoxy groups -OCH3 is 1. The Morgan fingerprint density at radius 3 is 2.85 bits per heavy atom. The normalized spacial score (nSPS) is 10.2. The molecule has 0 unspecified atom stereocenters. The number of nitrogen functional groups attached to an aromatic ring is 1. The van der Waals surface area contributed by atoms with Gasteiger partial charge in [0, 0.05) is 5.39 Å². The van der Waals surface area contributed by atoms with Gasteiger partial charge in [-0.25, -0.2) is 4.98 Å². The summed E-state index contributed by atoms with van der Waals surface area (Å²) in [4.78, 5) is 4.20. The topological polar surface area (TPSA) is 48.1 Å². The first-order valence-corrected chi connectivity index (χ1v) is 4.00. The van der Waals surface area contributed by atoms with Gasteiger partial charge in [-0.1, -0.05) is 18.2 Å². The summed E-state index contributed by atoms with van der Waals surface area (Å²) in [6.45, 7) is 0. The van der Waals surface area contributed by atoms with E-state index in [1.165, 1.54) is 0 Å². The van der Waals surface area contributed by atoms with E-state index >= 15 is 0 Å². The average molecular weight is 174 g/mol. The van der Waals surface area contributed by atoms with Crippen LogP contribution < -0.4 is 10.5 Å². The van der Waals surface area contributed by atoms with Gasteiger partial charge in [0.1, 0.15) is 0 Å². The molecular weight excluding hydrogens is 164 g/mol. The molecule has 1 aromatic heterocycles. The summed E-state index contributed by atoms with van der Waals surface area (Å²) in [6.07, 6.45) is 0. The van der Waals surface area contributed by atoms with Crippen LogP contribution in [0, 0.1) is 0 Å². The Morgan fingerprint density at radius 1 is 1.31 bits per heavy atom. The van der Waals surface area contributed by atoms with E-state index in [2.05, 4.69) is 4.98 Å². The number of nitrogens with two attached hydrogens (primary N) is 1. The highest BCUT2D eigenvalue weighted by Crippen LogP contribution is 2.23. The van der Waals surface area contributed by atoms with Crippen molar-refractivity contribution in [1.29, 1.82) is 0 Å². The molecule has 0 atom stereocenters. The number of aromatic nitrogens is 1. The second kappa shape index (κ2) is 2.94. The SMILES string of the molecule is COc1cc2ccccc2nc1N. The molecule has 66 valence electrons. The molecule has 0 spiro atoms. The molecule has 2 N–H and O–H groups in total. The maximum atomic E-state index is 5.66. The quantitative estimate of drug-likeness (QED) is 0.717. The summed E-state index contributed by atoms with van der Waals surface area (Å²) in [5.74, 6) is 1.06.